The van der Waals surface area contributed by atoms with Crippen molar-refractivity contribution >= 4 is 5.78 Å². The summed E-state index contributed by atoms with van der Waals surface area (Å²) in [6.45, 7) is 13.0. The summed E-state index contributed by atoms with van der Waals surface area (Å²) in [5, 5.41) is 0. The molecule has 2 rings (SSSR count). The Morgan fingerprint density at radius 2 is 2.05 bits per heavy atom. The van der Waals surface area contributed by atoms with Gasteiger partial charge in [-0.1, -0.05) is 20.8 Å². The lowest BCUT2D eigenvalue weighted by atomic mass is 9.76. The minimum absolute atomic E-state index is 0.0925. The second-order valence-corrected chi connectivity index (χ2v) is 7.48. The van der Waals surface area contributed by atoms with E-state index in [0.29, 0.717) is 18.2 Å². The van der Waals surface area contributed by atoms with Gasteiger partial charge in [0.25, 0.3) is 0 Å². The van der Waals surface area contributed by atoms with E-state index in [4.69, 9.17) is 0 Å². The van der Waals surface area contributed by atoms with Gasteiger partial charge in [0.2, 0.25) is 0 Å². The van der Waals surface area contributed by atoms with Crippen molar-refractivity contribution in [3.05, 3.63) is 23.0 Å². The molecule has 118 valence electrons. The number of hydrogen-bond donors (Lipinski definition) is 0. The van der Waals surface area contributed by atoms with E-state index < -0.39 is 0 Å². The lowest BCUT2D eigenvalue weighted by Gasteiger charge is -2.30. The molecule has 1 aromatic heterocycles. The van der Waals surface area contributed by atoms with Crippen LogP contribution in [-0.2, 0) is 13.0 Å². The zero-order valence-electron chi connectivity index (χ0n) is 14.5. The van der Waals surface area contributed by atoms with Gasteiger partial charge in [0.1, 0.15) is 0 Å². The van der Waals surface area contributed by atoms with Gasteiger partial charge >= 0.3 is 0 Å². The van der Waals surface area contributed by atoms with E-state index in [0.717, 1.165) is 25.1 Å². The van der Waals surface area contributed by atoms with Gasteiger partial charge in [-0.05, 0) is 45.2 Å². The molecule has 1 aliphatic carbocycles. The van der Waals surface area contributed by atoms with Crippen LogP contribution in [0.5, 0.6) is 0 Å². The van der Waals surface area contributed by atoms with E-state index in [1.165, 1.54) is 17.8 Å². The van der Waals surface area contributed by atoms with E-state index in [1.807, 2.05) is 0 Å². The zero-order valence-corrected chi connectivity index (χ0v) is 14.5. The molecule has 0 bridgehead atoms. The third-order valence-electron chi connectivity index (χ3n) is 5.02. The molecule has 0 aliphatic heterocycles. The predicted octanol–water partition coefficient (Wildman–Crippen LogP) is 3.68. The standard InChI is InChI=1S/C18H30N2O/c1-7-13(2)19(6)8-9-20-14(3)10-15-16(20)11-18(4,5)12-17(15)21/h10,13H,7-9,11-12H2,1-6H3. The molecule has 0 fully saturated rings. The molecular formula is C18H30N2O. The van der Waals surface area contributed by atoms with Gasteiger partial charge in [-0.2, -0.15) is 0 Å². The topological polar surface area (TPSA) is 25.2 Å². The van der Waals surface area contributed by atoms with Crippen LogP contribution in [-0.4, -0.2) is 34.9 Å². The molecule has 0 aromatic carbocycles. The summed E-state index contributed by atoms with van der Waals surface area (Å²) in [5.74, 6) is 0.318. The number of carbonyl (C=O) groups excluding carboxylic acids is 1. The molecule has 0 saturated heterocycles. The van der Waals surface area contributed by atoms with Gasteiger partial charge in [-0.3, -0.25) is 4.79 Å². The lowest BCUT2D eigenvalue weighted by Crippen LogP contribution is -2.33. The number of ketones is 1. The van der Waals surface area contributed by atoms with E-state index in [-0.39, 0.29) is 5.41 Å². The summed E-state index contributed by atoms with van der Waals surface area (Å²) in [6, 6.07) is 2.70. The molecule has 1 aromatic rings. The van der Waals surface area contributed by atoms with E-state index in [9.17, 15) is 4.79 Å². The number of carbonyl (C=O) groups is 1. The van der Waals surface area contributed by atoms with E-state index in [2.05, 4.69) is 57.2 Å². The highest BCUT2D eigenvalue weighted by atomic mass is 16.1. The quantitative estimate of drug-likeness (QED) is 0.826. The monoisotopic (exact) mass is 290 g/mol. The van der Waals surface area contributed by atoms with Gasteiger partial charge in [-0.15, -0.1) is 0 Å². The molecular weight excluding hydrogens is 260 g/mol. The number of hydrogen-bond acceptors (Lipinski definition) is 2. The summed E-state index contributed by atoms with van der Waals surface area (Å²) in [5.41, 5.74) is 3.54. The maximum atomic E-state index is 12.3. The van der Waals surface area contributed by atoms with Crippen LogP contribution in [0, 0.1) is 12.3 Å². The minimum atomic E-state index is 0.0925. The molecule has 0 N–H and O–H groups in total. The average molecular weight is 290 g/mol. The van der Waals surface area contributed by atoms with E-state index in [1.54, 1.807) is 0 Å². The first kappa shape index (κ1) is 16.3. The molecule has 1 heterocycles. The van der Waals surface area contributed by atoms with Crippen LogP contribution < -0.4 is 0 Å². The van der Waals surface area contributed by atoms with Gasteiger partial charge in [-0.25, -0.2) is 0 Å². The second-order valence-electron chi connectivity index (χ2n) is 7.48. The van der Waals surface area contributed by atoms with Crippen LogP contribution in [0.4, 0.5) is 0 Å². The molecule has 21 heavy (non-hydrogen) atoms. The molecule has 1 atom stereocenters. The van der Waals surface area contributed by atoms with Crippen molar-refractivity contribution in [2.24, 2.45) is 5.41 Å². The number of Topliss-reactive ketones (excluding diaryl/α,β-unsaturated/α-hetero) is 1. The predicted molar refractivity (Wildman–Crippen MR) is 88.0 cm³/mol. The highest BCUT2D eigenvalue weighted by molar-refractivity contribution is 5.99. The maximum absolute atomic E-state index is 12.3. The van der Waals surface area contributed by atoms with Crippen LogP contribution in [0.25, 0.3) is 0 Å². The fourth-order valence-electron chi connectivity index (χ4n) is 3.31. The third kappa shape index (κ3) is 3.39. The van der Waals surface area contributed by atoms with Crippen molar-refractivity contribution in [2.45, 2.75) is 66.5 Å². The van der Waals surface area contributed by atoms with Crippen molar-refractivity contribution < 1.29 is 4.79 Å². The number of aryl methyl sites for hydroxylation is 1. The van der Waals surface area contributed by atoms with Gasteiger partial charge in [0.15, 0.2) is 5.78 Å². The van der Waals surface area contributed by atoms with Crippen molar-refractivity contribution in [1.82, 2.24) is 9.47 Å². The first-order valence-corrected chi connectivity index (χ1v) is 8.17. The Hall–Kier alpha value is -1.09. The number of rotatable bonds is 5. The molecule has 1 unspecified atom stereocenters. The summed E-state index contributed by atoms with van der Waals surface area (Å²) < 4.78 is 2.37. The highest BCUT2D eigenvalue weighted by Gasteiger charge is 2.33. The Bertz CT molecular complexity index is 528. The van der Waals surface area contributed by atoms with Gasteiger partial charge in [0, 0.05) is 42.5 Å². The Balaban J connectivity index is 2.20. The van der Waals surface area contributed by atoms with Crippen LogP contribution in [0.2, 0.25) is 0 Å². The molecule has 0 spiro atoms. The fourth-order valence-corrected chi connectivity index (χ4v) is 3.31. The molecule has 3 nitrogen and oxygen atoms in total. The Morgan fingerprint density at radius 3 is 2.67 bits per heavy atom. The average Bonchev–Trinajstić information content (AvgIpc) is 2.70. The normalized spacial score (nSPS) is 18.9. The largest absolute Gasteiger partial charge is 0.347 e. The van der Waals surface area contributed by atoms with Gasteiger partial charge in [0.05, 0.1) is 0 Å². The minimum Gasteiger partial charge on any atom is -0.347 e. The Morgan fingerprint density at radius 1 is 1.38 bits per heavy atom. The number of aromatic nitrogens is 1. The molecule has 0 saturated carbocycles. The maximum Gasteiger partial charge on any atom is 0.165 e. The SMILES string of the molecule is CCC(C)N(C)CCn1c(C)cc2c1CC(C)(C)CC2=O. The fraction of sp³-hybridized carbons (Fsp3) is 0.722. The van der Waals surface area contributed by atoms with Crippen LogP contribution >= 0.6 is 0 Å². The third-order valence-corrected chi connectivity index (χ3v) is 5.02. The Kier molecular flexibility index (Phi) is 4.62. The number of nitrogens with zero attached hydrogens (tertiary/aromatic N) is 2. The van der Waals surface area contributed by atoms with Crippen molar-refractivity contribution in [1.29, 1.82) is 0 Å². The van der Waals surface area contributed by atoms with Crippen LogP contribution in [0.3, 0.4) is 0 Å². The lowest BCUT2D eigenvalue weighted by molar-refractivity contribution is 0.0909. The van der Waals surface area contributed by atoms with Crippen LogP contribution in [0.1, 0.15) is 62.3 Å². The first-order valence-electron chi connectivity index (χ1n) is 8.17. The Labute approximate surface area is 129 Å². The van der Waals surface area contributed by atoms with Crippen molar-refractivity contribution in [2.75, 3.05) is 13.6 Å². The number of fused-ring (bicyclic) bond motifs is 1. The summed E-state index contributed by atoms with van der Waals surface area (Å²) in [7, 11) is 2.19. The molecule has 0 radical (unpaired) electrons. The summed E-state index contributed by atoms with van der Waals surface area (Å²) >= 11 is 0. The molecule has 0 amide bonds. The van der Waals surface area contributed by atoms with E-state index >= 15 is 0 Å². The molecule has 3 heteroatoms. The second kappa shape index (κ2) is 5.96. The highest BCUT2D eigenvalue weighted by Crippen LogP contribution is 2.36. The summed E-state index contributed by atoms with van der Waals surface area (Å²) in [6.07, 6.45) is 2.86. The smallest absolute Gasteiger partial charge is 0.165 e. The van der Waals surface area contributed by atoms with Gasteiger partial charge < -0.3 is 9.47 Å². The number of likely N-dealkylation sites (N-methyl/N-ethyl adjacent to an activating group) is 1. The first-order chi connectivity index (χ1) is 9.75. The molecule has 1 aliphatic rings. The van der Waals surface area contributed by atoms with Crippen molar-refractivity contribution in [3.63, 3.8) is 0 Å². The zero-order chi connectivity index (χ0) is 15.8. The van der Waals surface area contributed by atoms with Crippen LogP contribution in [0.15, 0.2) is 6.07 Å². The summed E-state index contributed by atoms with van der Waals surface area (Å²) in [4.78, 5) is 14.7. The van der Waals surface area contributed by atoms with Crippen molar-refractivity contribution in [3.8, 4) is 0 Å².